The smallest absolute Gasteiger partial charge is 0.260 e. The first-order valence-electron chi connectivity index (χ1n) is 7.08. The van der Waals surface area contributed by atoms with Crippen molar-refractivity contribution >= 4 is 34.0 Å². The van der Waals surface area contributed by atoms with Gasteiger partial charge >= 0.3 is 0 Å². The second-order valence-corrected chi connectivity index (χ2v) is 6.76. The molecule has 1 amide bonds. The van der Waals surface area contributed by atoms with E-state index in [4.69, 9.17) is 16.0 Å². The highest BCUT2D eigenvalue weighted by atomic mass is 35.5. The number of halogens is 1. The molecular weight excluding hydrogens is 332 g/mol. The molecule has 2 aromatic heterocycles. The third-order valence-corrected chi connectivity index (χ3v) is 4.81. The van der Waals surface area contributed by atoms with Crippen LogP contribution in [-0.4, -0.2) is 10.9 Å². The Morgan fingerprint density at radius 1 is 1.35 bits per heavy atom. The number of aryl methyl sites for hydroxylation is 2. The fraction of sp³-hybridized carbons (Fsp3) is 0.176. The molecule has 23 heavy (non-hydrogen) atoms. The summed E-state index contributed by atoms with van der Waals surface area (Å²) in [6.07, 6.45) is 4.01. The van der Waals surface area contributed by atoms with Gasteiger partial charge in [0.2, 0.25) is 0 Å². The van der Waals surface area contributed by atoms with Gasteiger partial charge in [-0.15, -0.1) is 11.3 Å². The predicted octanol–water partition coefficient (Wildman–Crippen LogP) is 4.85. The molecule has 0 spiro atoms. The van der Waals surface area contributed by atoms with Crippen molar-refractivity contribution in [3.8, 4) is 0 Å². The van der Waals surface area contributed by atoms with Crippen molar-refractivity contribution in [1.29, 1.82) is 0 Å². The lowest BCUT2D eigenvalue weighted by atomic mass is 10.1. The van der Waals surface area contributed by atoms with Gasteiger partial charge in [0.15, 0.2) is 5.13 Å². The second-order valence-electron chi connectivity index (χ2n) is 5.24. The van der Waals surface area contributed by atoms with Crippen molar-refractivity contribution in [2.75, 3.05) is 5.32 Å². The molecule has 0 aliphatic carbocycles. The number of rotatable bonds is 4. The normalized spacial score (nSPS) is 10.7. The summed E-state index contributed by atoms with van der Waals surface area (Å²) in [7, 11) is 0. The Balaban J connectivity index is 1.69. The van der Waals surface area contributed by atoms with Crippen molar-refractivity contribution in [1.82, 2.24) is 4.98 Å². The Bertz CT molecular complexity index is 854. The maximum Gasteiger partial charge on any atom is 0.260 e. The first-order valence-corrected chi connectivity index (χ1v) is 8.27. The molecule has 1 aromatic carbocycles. The van der Waals surface area contributed by atoms with Crippen LogP contribution < -0.4 is 5.32 Å². The molecule has 2 heterocycles. The lowest BCUT2D eigenvalue weighted by molar-refractivity contribution is 0.102. The zero-order valence-corrected chi connectivity index (χ0v) is 14.3. The molecule has 0 unspecified atom stereocenters. The molecule has 1 N–H and O–H groups in total. The molecule has 0 aliphatic heterocycles. The van der Waals surface area contributed by atoms with E-state index in [1.807, 2.05) is 25.1 Å². The minimum absolute atomic E-state index is 0.212. The van der Waals surface area contributed by atoms with E-state index in [2.05, 4.69) is 10.3 Å². The van der Waals surface area contributed by atoms with Crippen molar-refractivity contribution in [2.45, 2.75) is 20.3 Å². The first kappa shape index (κ1) is 15.8. The number of anilines is 1. The van der Waals surface area contributed by atoms with Gasteiger partial charge in [-0.1, -0.05) is 23.7 Å². The largest absolute Gasteiger partial charge is 0.469 e. The van der Waals surface area contributed by atoms with E-state index >= 15 is 0 Å². The molecule has 0 bridgehead atoms. The van der Waals surface area contributed by atoms with E-state index in [0.717, 1.165) is 27.4 Å². The number of furan rings is 1. The Labute approximate surface area is 143 Å². The van der Waals surface area contributed by atoms with Crippen molar-refractivity contribution in [2.24, 2.45) is 0 Å². The van der Waals surface area contributed by atoms with Gasteiger partial charge in [-0.05, 0) is 37.1 Å². The van der Waals surface area contributed by atoms with Gasteiger partial charge in [0, 0.05) is 22.5 Å². The number of nitrogens with zero attached hydrogens (tertiary/aromatic N) is 1. The van der Waals surface area contributed by atoms with Crippen molar-refractivity contribution in [3.63, 3.8) is 0 Å². The minimum Gasteiger partial charge on any atom is -0.469 e. The van der Waals surface area contributed by atoms with Crippen LogP contribution in [0.25, 0.3) is 0 Å². The van der Waals surface area contributed by atoms with Crippen LogP contribution in [0.4, 0.5) is 5.13 Å². The number of benzene rings is 1. The third kappa shape index (κ3) is 3.63. The third-order valence-electron chi connectivity index (χ3n) is 3.49. The first-order chi connectivity index (χ1) is 11.0. The molecule has 0 aliphatic rings. The van der Waals surface area contributed by atoms with Gasteiger partial charge in [-0.2, -0.15) is 0 Å². The average Bonchev–Trinajstić information content (AvgIpc) is 3.12. The quantitative estimate of drug-likeness (QED) is 0.734. The van der Waals surface area contributed by atoms with Gasteiger partial charge in [-0.25, -0.2) is 4.98 Å². The predicted molar refractivity (Wildman–Crippen MR) is 92.5 cm³/mol. The lowest BCUT2D eigenvalue weighted by Crippen LogP contribution is -2.11. The number of amides is 1. The van der Waals surface area contributed by atoms with E-state index in [9.17, 15) is 4.79 Å². The van der Waals surface area contributed by atoms with Gasteiger partial charge in [-0.3, -0.25) is 10.1 Å². The number of hydrogen-bond donors (Lipinski definition) is 1. The topological polar surface area (TPSA) is 55.1 Å². The molecule has 3 rings (SSSR count). The molecular formula is C17H15ClN2O2S. The number of aromatic nitrogens is 1. The standard InChI is InChI=1S/C17H15ClN2O2S/c1-10-3-4-12(8-15(10)18)7-13-9-19-17(23-13)20-16(21)14-5-6-22-11(14)2/h3-6,8-9H,7H2,1-2H3,(H,19,20,21). The summed E-state index contributed by atoms with van der Waals surface area (Å²) < 4.78 is 5.14. The van der Waals surface area contributed by atoms with Crippen LogP contribution in [0.15, 0.2) is 41.1 Å². The lowest BCUT2D eigenvalue weighted by Gasteiger charge is -2.02. The monoisotopic (exact) mass is 346 g/mol. The number of thiazole rings is 1. The highest BCUT2D eigenvalue weighted by molar-refractivity contribution is 7.15. The molecule has 0 atom stereocenters. The molecule has 0 saturated heterocycles. The maximum absolute atomic E-state index is 12.1. The van der Waals surface area contributed by atoms with E-state index < -0.39 is 0 Å². The van der Waals surface area contributed by atoms with Crippen LogP contribution in [0.2, 0.25) is 5.02 Å². The summed E-state index contributed by atoms with van der Waals surface area (Å²) in [6, 6.07) is 7.66. The summed E-state index contributed by atoms with van der Waals surface area (Å²) in [5.74, 6) is 0.379. The van der Waals surface area contributed by atoms with E-state index in [1.165, 1.54) is 17.6 Å². The Hall–Kier alpha value is -2.11. The Morgan fingerprint density at radius 2 is 2.17 bits per heavy atom. The fourth-order valence-electron chi connectivity index (χ4n) is 2.18. The molecule has 3 aromatic rings. The van der Waals surface area contributed by atoms with Crippen LogP contribution in [-0.2, 0) is 6.42 Å². The zero-order chi connectivity index (χ0) is 16.4. The molecule has 118 valence electrons. The number of carbonyl (C=O) groups excluding carboxylic acids is 1. The molecule has 0 fully saturated rings. The summed E-state index contributed by atoms with van der Waals surface area (Å²) in [4.78, 5) is 17.4. The zero-order valence-electron chi connectivity index (χ0n) is 12.7. The van der Waals surface area contributed by atoms with Crippen LogP contribution in [0, 0.1) is 13.8 Å². The number of nitrogens with one attached hydrogen (secondary N) is 1. The van der Waals surface area contributed by atoms with Gasteiger partial charge in [0.1, 0.15) is 5.76 Å². The van der Waals surface area contributed by atoms with Crippen molar-refractivity contribution in [3.05, 3.63) is 69.1 Å². The van der Waals surface area contributed by atoms with Gasteiger partial charge < -0.3 is 4.42 Å². The molecule has 0 radical (unpaired) electrons. The van der Waals surface area contributed by atoms with Crippen LogP contribution >= 0.6 is 22.9 Å². The minimum atomic E-state index is -0.212. The SMILES string of the molecule is Cc1ccc(Cc2cnc(NC(=O)c3ccoc3C)s2)cc1Cl. The summed E-state index contributed by atoms with van der Waals surface area (Å²) in [5, 5.41) is 4.13. The van der Waals surface area contributed by atoms with Crippen molar-refractivity contribution < 1.29 is 9.21 Å². The Kier molecular flexibility index (Phi) is 4.50. The van der Waals surface area contributed by atoms with E-state index in [1.54, 1.807) is 19.2 Å². The van der Waals surface area contributed by atoms with Crippen LogP contribution in [0.3, 0.4) is 0 Å². The summed E-state index contributed by atoms with van der Waals surface area (Å²) >= 11 is 7.60. The fourth-order valence-corrected chi connectivity index (χ4v) is 3.22. The van der Waals surface area contributed by atoms with Crippen LogP contribution in [0.5, 0.6) is 0 Å². The summed E-state index contributed by atoms with van der Waals surface area (Å²) in [6.45, 7) is 3.73. The molecule has 0 saturated carbocycles. The highest BCUT2D eigenvalue weighted by Crippen LogP contribution is 2.24. The highest BCUT2D eigenvalue weighted by Gasteiger charge is 2.13. The number of carbonyl (C=O) groups is 1. The number of hydrogen-bond acceptors (Lipinski definition) is 4. The van der Waals surface area contributed by atoms with Crippen LogP contribution in [0.1, 0.15) is 32.1 Å². The second kappa shape index (κ2) is 6.56. The van der Waals surface area contributed by atoms with Gasteiger partial charge in [0.05, 0.1) is 11.8 Å². The van der Waals surface area contributed by atoms with Gasteiger partial charge in [0.25, 0.3) is 5.91 Å². The van der Waals surface area contributed by atoms with E-state index in [-0.39, 0.29) is 5.91 Å². The molecule has 6 heteroatoms. The molecule has 4 nitrogen and oxygen atoms in total. The summed E-state index contributed by atoms with van der Waals surface area (Å²) in [5.41, 5.74) is 2.70. The average molecular weight is 347 g/mol. The maximum atomic E-state index is 12.1. The van der Waals surface area contributed by atoms with E-state index in [0.29, 0.717) is 16.5 Å². The Morgan fingerprint density at radius 3 is 2.87 bits per heavy atom.